The molecule has 4 rings (SSSR count). The lowest BCUT2D eigenvalue weighted by atomic mass is 10.1. The third-order valence-electron chi connectivity index (χ3n) is 6.50. The van der Waals surface area contributed by atoms with Crippen molar-refractivity contribution in [2.24, 2.45) is 0 Å². The molecular weight excluding hydrogens is 596 g/mol. The molecule has 0 unspecified atom stereocenters. The maximum absolute atomic E-state index is 5.30. The SMILES string of the molecule is COc1ccc(CCn2cc(CCCCCCc3cn(CCc4ccc(C)c(Br)c4)nn3)nn2)cc1Br. The van der Waals surface area contributed by atoms with Crippen LogP contribution in [-0.2, 0) is 38.8 Å². The Kier molecular flexibility index (Phi) is 10.3. The van der Waals surface area contributed by atoms with Gasteiger partial charge in [0.15, 0.2) is 0 Å². The molecule has 0 atom stereocenters. The van der Waals surface area contributed by atoms with Crippen molar-refractivity contribution in [2.75, 3.05) is 7.11 Å². The molecule has 0 saturated heterocycles. The highest BCUT2D eigenvalue weighted by Gasteiger charge is 2.06. The predicted octanol–water partition coefficient (Wildman–Crippen LogP) is 6.54. The summed E-state index contributed by atoms with van der Waals surface area (Å²) >= 11 is 7.16. The summed E-state index contributed by atoms with van der Waals surface area (Å²) < 4.78 is 11.3. The highest BCUT2D eigenvalue weighted by molar-refractivity contribution is 9.10. The van der Waals surface area contributed by atoms with Gasteiger partial charge >= 0.3 is 0 Å². The average molecular weight is 630 g/mol. The van der Waals surface area contributed by atoms with Crippen LogP contribution in [0.1, 0.15) is 53.8 Å². The van der Waals surface area contributed by atoms with E-state index in [4.69, 9.17) is 4.74 Å². The molecule has 2 aromatic carbocycles. The van der Waals surface area contributed by atoms with E-state index in [1.807, 2.05) is 15.4 Å². The van der Waals surface area contributed by atoms with E-state index in [1.165, 1.54) is 29.5 Å². The van der Waals surface area contributed by atoms with Crippen LogP contribution in [0.2, 0.25) is 0 Å². The fourth-order valence-corrected chi connectivity index (χ4v) is 5.25. The van der Waals surface area contributed by atoms with Crippen LogP contribution in [0.3, 0.4) is 0 Å². The summed E-state index contributed by atoms with van der Waals surface area (Å²) in [6, 6.07) is 12.7. The molecular formula is C28H34Br2N6O. The highest BCUT2D eigenvalue weighted by Crippen LogP contribution is 2.25. The number of unbranched alkanes of at least 4 members (excludes halogenated alkanes) is 3. The predicted molar refractivity (Wildman–Crippen MR) is 153 cm³/mol. The molecule has 37 heavy (non-hydrogen) atoms. The normalized spacial score (nSPS) is 11.2. The van der Waals surface area contributed by atoms with Gasteiger partial charge in [-0.3, -0.25) is 9.36 Å². The van der Waals surface area contributed by atoms with Crippen molar-refractivity contribution >= 4 is 31.9 Å². The van der Waals surface area contributed by atoms with E-state index in [-0.39, 0.29) is 0 Å². The van der Waals surface area contributed by atoms with E-state index in [2.05, 4.69) is 102 Å². The summed E-state index contributed by atoms with van der Waals surface area (Å²) in [6.07, 6.45) is 12.6. The van der Waals surface area contributed by atoms with Crippen LogP contribution >= 0.6 is 31.9 Å². The van der Waals surface area contributed by atoms with Gasteiger partial charge in [0.05, 0.1) is 23.0 Å². The first kappa shape index (κ1) is 27.5. The Labute approximate surface area is 235 Å². The van der Waals surface area contributed by atoms with E-state index in [0.29, 0.717) is 0 Å². The van der Waals surface area contributed by atoms with Gasteiger partial charge in [-0.05, 0) is 96.3 Å². The molecule has 2 aromatic heterocycles. The summed E-state index contributed by atoms with van der Waals surface area (Å²) in [5, 5.41) is 17.3. The summed E-state index contributed by atoms with van der Waals surface area (Å²) in [7, 11) is 1.68. The highest BCUT2D eigenvalue weighted by atomic mass is 79.9. The van der Waals surface area contributed by atoms with Gasteiger partial charge in [-0.1, -0.05) is 57.4 Å². The monoisotopic (exact) mass is 628 g/mol. The summed E-state index contributed by atoms with van der Waals surface area (Å²) in [5.74, 6) is 0.848. The Hall–Kier alpha value is -2.52. The first-order chi connectivity index (χ1) is 18.0. The Bertz CT molecular complexity index is 1290. The number of methoxy groups -OCH3 is 1. The third-order valence-corrected chi connectivity index (χ3v) is 7.97. The number of nitrogens with zero attached hydrogens (tertiary/aromatic N) is 6. The molecule has 0 aliphatic carbocycles. The van der Waals surface area contributed by atoms with Crippen LogP contribution < -0.4 is 4.74 Å². The topological polar surface area (TPSA) is 70.7 Å². The van der Waals surface area contributed by atoms with Crippen molar-refractivity contribution in [2.45, 2.75) is 71.4 Å². The van der Waals surface area contributed by atoms with E-state index >= 15 is 0 Å². The fourth-order valence-electron chi connectivity index (χ4n) is 4.24. The fraction of sp³-hybridized carbons (Fsp3) is 0.429. The zero-order valence-corrected chi connectivity index (χ0v) is 24.7. The minimum absolute atomic E-state index is 0.815. The molecule has 0 bridgehead atoms. The van der Waals surface area contributed by atoms with Crippen molar-refractivity contribution < 1.29 is 4.74 Å². The number of aromatic nitrogens is 6. The zero-order valence-electron chi connectivity index (χ0n) is 21.5. The minimum atomic E-state index is 0.815. The van der Waals surface area contributed by atoms with Crippen LogP contribution in [0, 0.1) is 6.92 Å². The third kappa shape index (κ3) is 8.50. The molecule has 0 saturated carbocycles. The molecule has 0 spiro atoms. The van der Waals surface area contributed by atoms with E-state index in [9.17, 15) is 0 Å². The van der Waals surface area contributed by atoms with Gasteiger partial charge < -0.3 is 4.74 Å². The Balaban J connectivity index is 1.09. The molecule has 0 amide bonds. The average Bonchev–Trinajstić information content (AvgIpc) is 3.55. The second kappa shape index (κ2) is 13.9. The van der Waals surface area contributed by atoms with E-state index in [1.54, 1.807) is 7.11 Å². The molecule has 4 aromatic rings. The second-order valence-corrected chi connectivity index (χ2v) is 11.1. The standard InChI is InChI=1S/C28H34Br2N6O/c1-21-9-10-22(17-26(21)29)13-15-35-19-24(31-33-35)7-5-3-4-6-8-25-20-36(34-32-25)16-14-23-11-12-28(37-2)27(30)18-23/h9-12,17-20H,3-8,13-16H2,1-2H3. The lowest BCUT2D eigenvalue weighted by Gasteiger charge is -2.06. The number of rotatable bonds is 14. The lowest BCUT2D eigenvalue weighted by molar-refractivity contribution is 0.412. The smallest absolute Gasteiger partial charge is 0.133 e. The van der Waals surface area contributed by atoms with Gasteiger partial charge in [0, 0.05) is 30.0 Å². The van der Waals surface area contributed by atoms with Crippen molar-refractivity contribution in [1.82, 2.24) is 30.0 Å². The molecule has 7 nitrogen and oxygen atoms in total. The van der Waals surface area contributed by atoms with Gasteiger partial charge in [-0.15, -0.1) is 10.2 Å². The quantitative estimate of drug-likeness (QED) is 0.148. The van der Waals surface area contributed by atoms with Gasteiger partial charge in [0.1, 0.15) is 5.75 Å². The Morgan fingerprint density at radius 3 is 1.76 bits per heavy atom. The molecule has 0 N–H and O–H groups in total. The molecule has 196 valence electrons. The van der Waals surface area contributed by atoms with E-state index in [0.717, 1.165) is 77.7 Å². The first-order valence-corrected chi connectivity index (χ1v) is 14.4. The number of halogens is 2. The molecule has 9 heteroatoms. The maximum atomic E-state index is 5.30. The van der Waals surface area contributed by atoms with Crippen LogP contribution in [0.15, 0.2) is 57.7 Å². The number of ether oxygens (including phenoxy) is 1. The summed E-state index contributed by atoms with van der Waals surface area (Å²) in [6.45, 7) is 3.77. The van der Waals surface area contributed by atoms with E-state index < -0.39 is 0 Å². The second-order valence-electron chi connectivity index (χ2n) is 9.41. The molecule has 2 heterocycles. The van der Waals surface area contributed by atoms with Crippen molar-refractivity contribution in [3.05, 3.63) is 85.8 Å². The van der Waals surface area contributed by atoms with Crippen molar-refractivity contribution in [3.8, 4) is 5.75 Å². The van der Waals surface area contributed by atoms with Gasteiger partial charge in [0.25, 0.3) is 0 Å². The Morgan fingerprint density at radius 2 is 1.24 bits per heavy atom. The molecule has 0 radical (unpaired) electrons. The summed E-state index contributed by atoms with van der Waals surface area (Å²) in [5.41, 5.74) is 5.95. The van der Waals surface area contributed by atoms with Crippen LogP contribution in [0.25, 0.3) is 0 Å². The van der Waals surface area contributed by atoms with Crippen LogP contribution in [-0.4, -0.2) is 37.1 Å². The maximum Gasteiger partial charge on any atom is 0.133 e. The minimum Gasteiger partial charge on any atom is -0.496 e. The number of aryl methyl sites for hydroxylation is 7. The molecule has 0 aliphatic heterocycles. The summed E-state index contributed by atoms with van der Waals surface area (Å²) in [4.78, 5) is 0. The van der Waals surface area contributed by atoms with Gasteiger partial charge in [-0.25, -0.2) is 0 Å². The first-order valence-electron chi connectivity index (χ1n) is 12.9. The van der Waals surface area contributed by atoms with Crippen LogP contribution in [0.5, 0.6) is 5.75 Å². The van der Waals surface area contributed by atoms with Crippen molar-refractivity contribution in [1.29, 1.82) is 0 Å². The Morgan fingerprint density at radius 1 is 0.703 bits per heavy atom. The van der Waals surface area contributed by atoms with Crippen molar-refractivity contribution in [3.63, 3.8) is 0 Å². The lowest BCUT2D eigenvalue weighted by Crippen LogP contribution is -2.02. The van der Waals surface area contributed by atoms with Gasteiger partial charge in [-0.2, -0.15) is 0 Å². The van der Waals surface area contributed by atoms with Crippen LogP contribution in [0.4, 0.5) is 0 Å². The largest absolute Gasteiger partial charge is 0.496 e. The number of hydrogen-bond donors (Lipinski definition) is 0. The zero-order chi connectivity index (χ0) is 26.0. The number of benzene rings is 2. The molecule has 0 fully saturated rings. The molecule has 0 aliphatic rings. The van der Waals surface area contributed by atoms with Gasteiger partial charge in [0.2, 0.25) is 0 Å². The number of hydrogen-bond acceptors (Lipinski definition) is 5.